The summed E-state index contributed by atoms with van der Waals surface area (Å²) in [6, 6.07) is 2.01. The fourth-order valence-corrected chi connectivity index (χ4v) is 1.47. The normalized spacial score (nSPS) is 9.33. The number of nitrogens with zero attached hydrogens (tertiary/aromatic N) is 3. The third-order valence-corrected chi connectivity index (χ3v) is 2.40. The van der Waals surface area contributed by atoms with Crippen LogP contribution in [0.3, 0.4) is 0 Å². The zero-order chi connectivity index (χ0) is 8.81. The molecule has 0 fully saturated rings. The molecule has 1 aromatic heterocycles. The van der Waals surface area contributed by atoms with Gasteiger partial charge in [-0.3, -0.25) is 0 Å². The van der Waals surface area contributed by atoms with Gasteiger partial charge < -0.3 is 0 Å². The molecule has 0 bridgehead atoms. The van der Waals surface area contributed by atoms with Crippen molar-refractivity contribution < 1.29 is 0 Å². The molecular formula is C8H9N3S. The molecule has 62 valence electrons. The molecule has 3 nitrogen and oxygen atoms in total. The van der Waals surface area contributed by atoms with Gasteiger partial charge in [-0.15, -0.1) is 11.8 Å². The van der Waals surface area contributed by atoms with Crippen LogP contribution in [0.2, 0.25) is 0 Å². The van der Waals surface area contributed by atoms with E-state index in [4.69, 9.17) is 5.26 Å². The van der Waals surface area contributed by atoms with Crippen LogP contribution in [0.4, 0.5) is 0 Å². The van der Waals surface area contributed by atoms with E-state index >= 15 is 0 Å². The van der Waals surface area contributed by atoms with Gasteiger partial charge in [0, 0.05) is 12.4 Å². The molecule has 0 spiro atoms. The van der Waals surface area contributed by atoms with E-state index in [0.717, 1.165) is 17.2 Å². The van der Waals surface area contributed by atoms with E-state index in [1.807, 2.05) is 6.07 Å². The lowest BCUT2D eigenvalue weighted by Crippen LogP contribution is -1.90. The van der Waals surface area contributed by atoms with Crippen molar-refractivity contribution in [3.63, 3.8) is 0 Å². The Labute approximate surface area is 75.8 Å². The van der Waals surface area contributed by atoms with Crippen molar-refractivity contribution in [3.05, 3.63) is 18.1 Å². The minimum atomic E-state index is 0.427. The van der Waals surface area contributed by atoms with Crippen molar-refractivity contribution in [2.75, 3.05) is 5.75 Å². The number of hydrogen-bond acceptors (Lipinski definition) is 4. The zero-order valence-electron chi connectivity index (χ0n) is 6.82. The summed E-state index contributed by atoms with van der Waals surface area (Å²) in [6.07, 6.45) is 4.22. The molecule has 0 aliphatic carbocycles. The predicted molar refractivity (Wildman–Crippen MR) is 47.8 cm³/mol. The molecule has 4 heteroatoms. The molecule has 1 rings (SSSR count). The van der Waals surface area contributed by atoms with E-state index in [9.17, 15) is 0 Å². The molecule has 1 heterocycles. The first-order chi connectivity index (χ1) is 5.88. The number of rotatable bonds is 3. The summed E-state index contributed by atoms with van der Waals surface area (Å²) in [4.78, 5) is 7.97. The molecule has 0 radical (unpaired) electrons. The standard InChI is InChI=1S/C8H9N3S/c1-2-5-12-8-7(6-9)10-3-4-11-8/h3-4H,2,5H2,1H3. The van der Waals surface area contributed by atoms with Crippen molar-refractivity contribution >= 4 is 11.8 Å². The van der Waals surface area contributed by atoms with E-state index in [0.29, 0.717) is 5.69 Å². The second-order valence-corrected chi connectivity index (χ2v) is 3.25. The van der Waals surface area contributed by atoms with E-state index in [2.05, 4.69) is 16.9 Å². The third kappa shape index (κ3) is 2.21. The van der Waals surface area contributed by atoms with Crippen LogP contribution < -0.4 is 0 Å². The summed E-state index contributed by atoms with van der Waals surface area (Å²) in [7, 11) is 0. The first-order valence-electron chi connectivity index (χ1n) is 3.72. The molecule has 0 N–H and O–H groups in total. The fraction of sp³-hybridized carbons (Fsp3) is 0.375. The van der Waals surface area contributed by atoms with Crippen LogP contribution >= 0.6 is 11.8 Å². The van der Waals surface area contributed by atoms with Crippen LogP contribution in [0.5, 0.6) is 0 Å². The average Bonchev–Trinajstić information content (AvgIpc) is 2.15. The Bertz CT molecular complexity index is 293. The van der Waals surface area contributed by atoms with Gasteiger partial charge in [-0.2, -0.15) is 5.26 Å². The van der Waals surface area contributed by atoms with Crippen molar-refractivity contribution in [2.24, 2.45) is 0 Å². The van der Waals surface area contributed by atoms with E-state index in [-0.39, 0.29) is 0 Å². The molecule has 0 saturated carbocycles. The maximum absolute atomic E-state index is 8.65. The highest BCUT2D eigenvalue weighted by Crippen LogP contribution is 2.17. The average molecular weight is 179 g/mol. The Morgan fingerprint density at radius 2 is 2.25 bits per heavy atom. The molecule has 0 amide bonds. The maximum Gasteiger partial charge on any atom is 0.172 e. The van der Waals surface area contributed by atoms with Gasteiger partial charge in [-0.1, -0.05) is 6.92 Å². The second kappa shape index (κ2) is 4.73. The molecule has 12 heavy (non-hydrogen) atoms. The van der Waals surface area contributed by atoms with Gasteiger partial charge in [-0.05, 0) is 12.2 Å². The minimum Gasteiger partial charge on any atom is -0.245 e. The van der Waals surface area contributed by atoms with Crippen molar-refractivity contribution in [3.8, 4) is 6.07 Å². The zero-order valence-corrected chi connectivity index (χ0v) is 7.64. The van der Waals surface area contributed by atoms with Crippen LogP contribution in [-0.4, -0.2) is 15.7 Å². The molecule has 0 atom stereocenters. The molecule has 0 aliphatic heterocycles. The van der Waals surface area contributed by atoms with E-state index in [1.165, 1.54) is 6.20 Å². The van der Waals surface area contributed by atoms with Crippen LogP contribution in [-0.2, 0) is 0 Å². The summed E-state index contributed by atoms with van der Waals surface area (Å²) < 4.78 is 0. The van der Waals surface area contributed by atoms with Gasteiger partial charge in [0.05, 0.1) is 0 Å². The van der Waals surface area contributed by atoms with E-state index in [1.54, 1.807) is 18.0 Å². The summed E-state index contributed by atoms with van der Waals surface area (Å²) >= 11 is 1.58. The van der Waals surface area contributed by atoms with Gasteiger partial charge in [0.25, 0.3) is 0 Å². The minimum absolute atomic E-state index is 0.427. The molecule has 0 unspecified atom stereocenters. The van der Waals surface area contributed by atoms with Gasteiger partial charge in [-0.25, -0.2) is 9.97 Å². The summed E-state index contributed by atoms with van der Waals surface area (Å²) in [5.74, 6) is 0.980. The Morgan fingerprint density at radius 3 is 2.92 bits per heavy atom. The topological polar surface area (TPSA) is 49.6 Å². The lowest BCUT2D eigenvalue weighted by Gasteiger charge is -1.98. The number of aromatic nitrogens is 2. The Kier molecular flexibility index (Phi) is 3.55. The first kappa shape index (κ1) is 9.01. The van der Waals surface area contributed by atoms with Crippen LogP contribution in [0, 0.1) is 11.3 Å². The molecular weight excluding hydrogens is 170 g/mol. The Morgan fingerprint density at radius 1 is 1.50 bits per heavy atom. The highest BCUT2D eigenvalue weighted by molar-refractivity contribution is 7.99. The Hall–Kier alpha value is -1.08. The highest BCUT2D eigenvalue weighted by atomic mass is 32.2. The van der Waals surface area contributed by atoms with Crippen molar-refractivity contribution in [1.29, 1.82) is 5.26 Å². The van der Waals surface area contributed by atoms with Crippen LogP contribution in [0.15, 0.2) is 17.4 Å². The maximum atomic E-state index is 8.65. The number of hydrogen-bond donors (Lipinski definition) is 0. The molecule has 0 saturated heterocycles. The second-order valence-electron chi connectivity index (χ2n) is 2.17. The lowest BCUT2D eigenvalue weighted by atomic mass is 10.5. The summed E-state index contributed by atoms with van der Waals surface area (Å²) in [5.41, 5.74) is 0.427. The van der Waals surface area contributed by atoms with Gasteiger partial charge >= 0.3 is 0 Å². The lowest BCUT2D eigenvalue weighted by molar-refractivity contribution is 1.02. The molecule has 0 aliphatic rings. The monoisotopic (exact) mass is 179 g/mol. The summed E-state index contributed by atoms with van der Waals surface area (Å²) in [6.45, 7) is 2.09. The van der Waals surface area contributed by atoms with Crippen LogP contribution in [0.25, 0.3) is 0 Å². The quantitative estimate of drug-likeness (QED) is 0.664. The van der Waals surface area contributed by atoms with Crippen molar-refractivity contribution in [1.82, 2.24) is 9.97 Å². The first-order valence-corrected chi connectivity index (χ1v) is 4.71. The number of nitriles is 1. The van der Waals surface area contributed by atoms with Gasteiger partial charge in [0.1, 0.15) is 11.1 Å². The highest BCUT2D eigenvalue weighted by Gasteiger charge is 2.02. The smallest absolute Gasteiger partial charge is 0.172 e. The third-order valence-electron chi connectivity index (χ3n) is 1.21. The predicted octanol–water partition coefficient (Wildman–Crippen LogP) is 1.85. The Balaban J connectivity index is 2.77. The summed E-state index contributed by atoms with van der Waals surface area (Å²) in [5, 5.41) is 9.39. The van der Waals surface area contributed by atoms with Gasteiger partial charge in [0.2, 0.25) is 0 Å². The molecule has 0 aromatic carbocycles. The van der Waals surface area contributed by atoms with Gasteiger partial charge in [0.15, 0.2) is 5.69 Å². The molecule has 1 aromatic rings. The van der Waals surface area contributed by atoms with Crippen LogP contribution in [0.1, 0.15) is 19.0 Å². The number of thioether (sulfide) groups is 1. The SMILES string of the molecule is CCCSc1nccnc1C#N. The van der Waals surface area contributed by atoms with Crippen molar-refractivity contribution in [2.45, 2.75) is 18.4 Å². The largest absolute Gasteiger partial charge is 0.245 e. The fourth-order valence-electron chi connectivity index (χ4n) is 0.706. The van der Waals surface area contributed by atoms with E-state index < -0.39 is 0 Å².